The smallest absolute Gasteiger partial charge is 0.233 e. The molecule has 1 saturated carbocycles. The number of fused-ring (bicyclic) bond motifs is 1. The Bertz CT molecular complexity index is 1000. The zero-order valence-corrected chi connectivity index (χ0v) is 17.7. The molecule has 7 heteroatoms. The fourth-order valence-corrected chi connectivity index (χ4v) is 5.33. The number of thiophene rings is 1. The summed E-state index contributed by atoms with van der Waals surface area (Å²) in [5.41, 5.74) is 1.22. The molecule has 1 aliphatic rings. The number of carbonyl (C=O) groups is 1. The third-order valence-electron chi connectivity index (χ3n) is 4.87. The number of carbonyl (C=O) groups excluding carboxylic acids is 1. The van der Waals surface area contributed by atoms with E-state index in [-0.39, 0.29) is 5.91 Å². The van der Waals surface area contributed by atoms with Crippen LogP contribution < -0.4 is 0 Å². The van der Waals surface area contributed by atoms with E-state index in [4.69, 9.17) is 4.42 Å². The zero-order chi connectivity index (χ0) is 19.1. The number of furan rings is 1. The van der Waals surface area contributed by atoms with Crippen LogP contribution >= 0.6 is 23.1 Å². The fourth-order valence-electron chi connectivity index (χ4n) is 3.18. The number of hydrogen-bond acceptors (Lipinski definition) is 6. The molecule has 0 aliphatic heterocycles. The summed E-state index contributed by atoms with van der Waals surface area (Å²) in [4.78, 5) is 26.4. The van der Waals surface area contributed by atoms with Gasteiger partial charge in [0.2, 0.25) is 5.91 Å². The first-order valence-electron chi connectivity index (χ1n) is 9.14. The van der Waals surface area contributed by atoms with Gasteiger partial charge in [-0.3, -0.25) is 4.79 Å². The van der Waals surface area contributed by atoms with Crippen molar-refractivity contribution in [2.75, 3.05) is 5.75 Å². The van der Waals surface area contributed by atoms with Gasteiger partial charge < -0.3 is 9.32 Å². The minimum absolute atomic E-state index is 0.144. The highest BCUT2D eigenvalue weighted by Crippen LogP contribution is 2.36. The van der Waals surface area contributed by atoms with Crippen molar-refractivity contribution < 1.29 is 9.21 Å². The van der Waals surface area contributed by atoms with Crippen LogP contribution in [0.5, 0.6) is 0 Å². The molecule has 142 valence electrons. The van der Waals surface area contributed by atoms with Gasteiger partial charge in [-0.2, -0.15) is 0 Å². The lowest BCUT2D eigenvalue weighted by molar-refractivity contribution is -0.129. The van der Waals surface area contributed by atoms with Crippen LogP contribution in [0.15, 0.2) is 21.6 Å². The molecule has 5 nitrogen and oxygen atoms in total. The van der Waals surface area contributed by atoms with Crippen molar-refractivity contribution in [3.05, 3.63) is 39.9 Å². The van der Waals surface area contributed by atoms with Crippen LogP contribution in [0.4, 0.5) is 0 Å². The van der Waals surface area contributed by atoms with Crippen LogP contribution in [-0.2, 0) is 11.3 Å². The van der Waals surface area contributed by atoms with Gasteiger partial charge in [-0.15, -0.1) is 11.3 Å². The van der Waals surface area contributed by atoms with Gasteiger partial charge in [0.15, 0.2) is 0 Å². The number of aromatic nitrogens is 2. The molecule has 0 aromatic carbocycles. The van der Waals surface area contributed by atoms with Gasteiger partial charge >= 0.3 is 0 Å². The molecule has 1 fully saturated rings. The summed E-state index contributed by atoms with van der Waals surface area (Å²) in [6, 6.07) is 4.25. The maximum absolute atomic E-state index is 12.9. The molecule has 0 unspecified atom stereocenters. The van der Waals surface area contributed by atoms with Gasteiger partial charge in [-0.25, -0.2) is 9.97 Å². The second kappa shape index (κ2) is 7.28. The summed E-state index contributed by atoms with van der Waals surface area (Å²) in [7, 11) is 0. The predicted molar refractivity (Wildman–Crippen MR) is 109 cm³/mol. The molecule has 0 spiro atoms. The van der Waals surface area contributed by atoms with Crippen LogP contribution in [0.2, 0.25) is 0 Å². The molecule has 3 aromatic rings. The van der Waals surface area contributed by atoms with Gasteiger partial charge in [0.1, 0.15) is 27.2 Å². The molecule has 3 heterocycles. The van der Waals surface area contributed by atoms with E-state index in [0.29, 0.717) is 18.3 Å². The number of thioether (sulfide) groups is 1. The van der Waals surface area contributed by atoms with Crippen LogP contribution in [-0.4, -0.2) is 32.6 Å². The summed E-state index contributed by atoms with van der Waals surface area (Å²) >= 11 is 3.22. The van der Waals surface area contributed by atoms with Crippen molar-refractivity contribution >= 4 is 39.2 Å². The van der Waals surface area contributed by atoms with E-state index in [1.165, 1.54) is 22.2 Å². The Morgan fingerprint density at radius 2 is 2.04 bits per heavy atom. The Hall–Kier alpha value is -1.86. The second-order valence-corrected chi connectivity index (χ2v) is 9.26. The largest absolute Gasteiger partial charge is 0.464 e. The molecule has 0 atom stereocenters. The summed E-state index contributed by atoms with van der Waals surface area (Å²) in [6.07, 6.45) is 2.16. The third-order valence-corrected chi connectivity index (χ3v) is 6.93. The topological polar surface area (TPSA) is 59.2 Å². The Morgan fingerprint density at radius 1 is 1.26 bits per heavy atom. The molecule has 0 radical (unpaired) electrons. The van der Waals surface area contributed by atoms with Crippen molar-refractivity contribution in [3.63, 3.8) is 0 Å². The van der Waals surface area contributed by atoms with Crippen LogP contribution in [0.1, 0.15) is 40.6 Å². The fraction of sp³-hybridized carbons (Fsp3) is 0.450. The van der Waals surface area contributed by atoms with E-state index in [9.17, 15) is 4.79 Å². The van der Waals surface area contributed by atoms with Crippen molar-refractivity contribution in [3.8, 4) is 0 Å². The quantitative estimate of drug-likeness (QED) is 0.438. The lowest BCUT2D eigenvalue weighted by Crippen LogP contribution is -2.33. The van der Waals surface area contributed by atoms with Crippen LogP contribution in [0.3, 0.4) is 0 Å². The normalized spacial score (nSPS) is 14.1. The molecule has 27 heavy (non-hydrogen) atoms. The van der Waals surface area contributed by atoms with Gasteiger partial charge in [0.25, 0.3) is 0 Å². The summed E-state index contributed by atoms with van der Waals surface area (Å²) in [6.45, 7) is 8.60. The van der Waals surface area contributed by atoms with E-state index < -0.39 is 0 Å². The van der Waals surface area contributed by atoms with Gasteiger partial charge in [0.05, 0.1) is 12.3 Å². The van der Waals surface area contributed by atoms with E-state index >= 15 is 0 Å². The number of amides is 1. The second-order valence-electron chi connectivity index (χ2n) is 7.09. The minimum Gasteiger partial charge on any atom is -0.464 e. The first kappa shape index (κ1) is 18.5. The molecular weight excluding hydrogens is 378 g/mol. The van der Waals surface area contributed by atoms with Crippen molar-refractivity contribution in [2.24, 2.45) is 0 Å². The molecule has 4 rings (SSSR count). The van der Waals surface area contributed by atoms with Crippen molar-refractivity contribution in [1.29, 1.82) is 0 Å². The molecule has 1 aliphatic carbocycles. The lowest BCUT2D eigenvalue weighted by atomic mass is 10.2. The lowest BCUT2D eigenvalue weighted by Gasteiger charge is -2.21. The number of hydrogen-bond donors (Lipinski definition) is 0. The summed E-state index contributed by atoms with van der Waals surface area (Å²) in [5, 5.41) is 2.01. The third kappa shape index (κ3) is 3.89. The maximum Gasteiger partial charge on any atom is 0.233 e. The molecule has 0 N–H and O–H groups in total. The summed E-state index contributed by atoms with van der Waals surface area (Å²) in [5.74, 6) is 3.01. The first-order chi connectivity index (χ1) is 12.9. The van der Waals surface area contributed by atoms with E-state index in [1.807, 2.05) is 30.9 Å². The highest BCUT2D eigenvalue weighted by Gasteiger charge is 2.33. The molecule has 3 aromatic heterocycles. The van der Waals surface area contributed by atoms with Gasteiger partial charge in [-0.05, 0) is 58.2 Å². The average molecular weight is 402 g/mol. The van der Waals surface area contributed by atoms with Gasteiger partial charge in [-0.1, -0.05) is 11.8 Å². The van der Waals surface area contributed by atoms with Crippen LogP contribution in [0, 0.1) is 27.7 Å². The Labute approximate surface area is 167 Å². The Morgan fingerprint density at radius 3 is 2.70 bits per heavy atom. The monoisotopic (exact) mass is 401 g/mol. The highest BCUT2D eigenvalue weighted by atomic mass is 32.2. The average Bonchev–Trinajstić information content (AvgIpc) is 3.31. The number of nitrogens with zero attached hydrogens (tertiary/aromatic N) is 3. The SMILES string of the molecule is Cc1nc(SCC(=O)N(Cc2ccc(C)o2)C2CC2)c2c(C)c(C)sc2n1. The van der Waals surface area contributed by atoms with Crippen LogP contribution in [0.25, 0.3) is 10.2 Å². The number of rotatable bonds is 6. The first-order valence-corrected chi connectivity index (χ1v) is 10.9. The highest BCUT2D eigenvalue weighted by molar-refractivity contribution is 8.00. The standard InChI is InChI=1S/C20H23N3O2S2/c1-11-5-8-16(25-11)9-23(15-6-7-15)17(24)10-26-19-18-12(2)13(3)27-20(18)22-14(4)21-19/h5,8,15H,6-7,9-10H2,1-4H3. The zero-order valence-electron chi connectivity index (χ0n) is 16.0. The maximum atomic E-state index is 12.9. The molecule has 0 bridgehead atoms. The predicted octanol–water partition coefficient (Wildman–Crippen LogP) is 4.80. The number of aryl methyl sites for hydroxylation is 4. The van der Waals surface area contributed by atoms with E-state index in [0.717, 1.165) is 45.4 Å². The van der Waals surface area contributed by atoms with E-state index in [1.54, 1.807) is 11.3 Å². The van der Waals surface area contributed by atoms with E-state index in [2.05, 4.69) is 23.8 Å². The van der Waals surface area contributed by atoms with Crippen molar-refractivity contribution in [1.82, 2.24) is 14.9 Å². The molecular formula is C20H23N3O2S2. The summed E-state index contributed by atoms with van der Waals surface area (Å²) < 4.78 is 5.68. The molecule has 0 saturated heterocycles. The minimum atomic E-state index is 0.144. The Kier molecular flexibility index (Phi) is 4.99. The Balaban J connectivity index is 1.52. The van der Waals surface area contributed by atoms with Gasteiger partial charge in [0, 0.05) is 16.3 Å². The van der Waals surface area contributed by atoms with Crippen molar-refractivity contribution in [2.45, 2.75) is 58.1 Å². The molecule has 1 amide bonds.